The Bertz CT molecular complexity index is 1090. The molecule has 0 saturated heterocycles. The first-order valence-corrected chi connectivity index (χ1v) is 9.45. The average Bonchev–Trinajstić information content (AvgIpc) is 3.17. The number of nitrogens with zero attached hydrogens (tertiary/aromatic N) is 4. The molecule has 0 saturated carbocycles. The molecule has 29 heavy (non-hydrogen) atoms. The number of aromatic nitrogens is 4. The zero-order valence-electron chi connectivity index (χ0n) is 16.5. The Morgan fingerprint density at radius 1 is 1.03 bits per heavy atom. The van der Waals surface area contributed by atoms with Gasteiger partial charge >= 0.3 is 0 Å². The van der Waals surface area contributed by atoms with Crippen LogP contribution in [-0.2, 0) is 11.3 Å². The molecule has 148 valence electrons. The van der Waals surface area contributed by atoms with Gasteiger partial charge < -0.3 is 14.8 Å². The van der Waals surface area contributed by atoms with Gasteiger partial charge in [0.05, 0.1) is 23.9 Å². The number of rotatable bonds is 8. The minimum Gasteiger partial charge on any atom is -0.491 e. The molecule has 2 heterocycles. The number of anilines is 1. The van der Waals surface area contributed by atoms with Crippen LogP contribution in [0.15, 0.2) is 60.9 Å². The molecule has 0 aliphatic rings. The number of hydrogen-bond donors (Lipinski definition) is 1. The van der Waals surface area contributed by atoms with Crippen molar-refractivity contribution in [2.45, 2.75) is 13.5 Å². The molecule has 0 radical (unpaired) electrons. The minimum atomic E-state index is 0.538. The maximum Gasteiger partial charge on any atom is 0.224 e. The maximum atomic E-state index is 5.59. The van der Waals surface area contributed by atoms with E-state index in [0.29, 0.717) is 25.7 Å². The van der Waals surface area contributed by atoms with Crippen molar-refractivity contribution in [1.82, 2.24) is 19.7 Å². The molecule has 0 bridgehead atoms. The second-order valence-electron chi connectivity index (χ2n) is 6.71. The highest BCUT2D eigenvalue weighted by Gasteiger charge is 2.09. The molecule has 0 spiro atoms. The topological polar surface area (TPSA) is 74.1 Å². The summed E-state index contributed by atoms with van der Waals surface area (Å²) in [5, 5.41) is 8.65. The lowest BCUT2D eigenvalue weighted by Gasteiger charge is -2.08. The van der Waals surface area contributed by atoms with E-state index in [2.05, 4.69) is 39.4 Å². The zero-order valence-corrected chi connectivity index (χ0v) is 16.5. The van der Waals surface area contributed by atoms with Crippen LogP contribution in [0.4, 0.5) is 5.95 Å². The number of aryl methyl sites for hydroxylation is 1. The van der Waals surface area contributed by atoms with Crippen LogP contribution in [0.2, 0.25) is 0 Å². The van der Waals surface area contributed by atoms with Gasteiger partial charge in [0.1, 0.15) is 12.4 Å². The highest BCUT2D eigenvalue weighted by Crippen LogP contribution is 2.18. The summed E-state index contributed by atoms with van der Waals surface area (Å²) in [4.78, 5) is 9.06. The second-order valence-corrected chi connectivity index (χ2v) is 6.71. The van der Waals surface area contributed by atoms with Crippen molar-refractivity contribution in [3.05, 3.63) is 72.1 Å². The molecule has 7 heteroatoms. The van der Waals surface area contributed by atoms with Gasteiger partial charge in [-0.1, -0.05) is 24.3 Å². The smallest absolute Gasteiger partial charge is 0.224 e. The first-order valence-electron chi connectivity index (χ1n) is 9.45. The molecule has 7 nitrogen and oxygen atoms in total. The predicted octanol–water partition coefficient (Wildman–Crippen LogP) is 3.76. The third kappa shape index (κ3) is 4.52. The quantitative estimate of drug-likeness (QED) is 0.463. The van der Waals surface area contributed by atoms with Crippen molar-refractivity contribution < 1.29 is 9.47 Å². The molecule has 4 rings (SSSR count). The first-order chi connectivity index (χ1) is 14.2. The Labute approximate surface area is 169 Å². The third-order valence-electron chi connectivity index (χ3n) is 4.49. The van der Waals surface area contributed by atoms with Gasteiger partial charge in [-0.3, -0.25) is 0 Å². The molecular formula is C22H23N5O2. The van der Waals surface area contributed by atoms with Gasteiger partial charge in [-0.2, -0.15) is 10.1 Å². The number of fused-ring (bicyclic) bond motifs is 1. The second kappa shape index (κ2) is 8.70. The van der Waals surface area contributed by atoms with Crippen LogP contribution in [0.1, 0.15) is 11.1 Å². The van der Waals surface area contributed by atoms with Gasteiger partial charge in [0.15, 0.2) is 5.65 Å². The van der Waals surface area contributed by atoms with Crippen molar-refractivity contribution in [2.75, 3.05) is 25.6 Å². The lowest BCUT2D eigenvalue weighted by atomic mass is 10.2. The monoisotopic (exact) mass is 389 g/mol. The van der Waals surface area contributed by atoms with Crippen LogP contribution in [0, 0.1) is 6.92 Å². The molecule has 0 aliphatic heterocycles. The summed E-state index contributed by atoms with van der Waals surface area (Å²) in [6, 6.07) is 16.1. The third-order valence-corrected chi connectivity index (χ3v) is 4.49. The standard InChI is InChI=1S/C22H23N5O2/c1-16-4-3-5-19(12-16)27-21-18(15-25-27)14-24-22(26-21)23-13-17-6-8-20(9-7-17)29-11-10-28-2/h3-9,12,14-15H,10-11,13H2,1-2H3,(H,23,24,26). The van der Waals surface area contributed by atoms with Crippen LogP contribution in [0.5, 0.6) is 5.75 Å². The number of ether oxygens (including phenoxy) is 2. The maximum absolute atomic E-state index is 5.59. The number of nitrogens with one attached hydrogen (secondary N) is 1. The number of hydrogen-bond acceptors (Lipinski definition) is 6. The summed E-state index contributed by atoms with van der Waals surface area (Å²) in [6.45, 7) is 3.78. The molecule has 2 aromatic carbocycles. The van der Waals surface area contributed by atoms with Gasteiger partial charge in [-0.15, -0.1) is 0 Å². The SMILES string of the molecule is COCCOc1ccc(CNc2ncc3cnn(-c4cccc(C)c4)c3n2)cc1. The van der Waals surface area contributed by atoms with E-state index in [0.717, 1.165) is 28.0 Å². The average molecular weight is 389 g/mol. The summed E-state index contributed by atoms with van der Waals surface area (Å²) in [6.07, 6.45) is 3.57. The normalized spacial score (nSPS) is 11.0. The highest BCUT2D eigenvalue weighted by atomic mass is 16.5. The molecule has 0 aliphatic carbocycles. The number of methoxy groups -OCH3 is 1. The van der Waals surface area contributed by atoms with Crippen molar-refractivity contribution in [3.63, 3.8) is 0 Å². The van der Waals surface area contributed by atoms with E-state index in [-0.39, 0.29) is 0 Å². The fourth-order valence-electron chi connectivity index (χ4n) is 2.98. The van der Waals surface area contributed by atoms with Gasteiger partial charge in [-0.25, -0.2) is 9.67 Å². The highest BCUT2D eigenvalue weighted by molar-refractivity contribution is 5.76. The van der Waals surface area contributed by atoms with Crippen LogP contribution < -0.4 is 10.1 Å². The molecule has 2 aromatic heterocycles. The van der Waals surface area contributed by atoms with E-state index in [1.54, 1.807) is 19.5 Å². The Hall–Kier alpha value is -3.45. The van der Waals surface area contributed by atoms with E-state index >= 15 is 0 Å². The van der Waals surface area contributed by atoms with Gasteiger partial charge in [-0.05, 0) is 42.3 Å². The molecule has 0 fully saturated rings. The van der Waals surface area contributed by atoms with Gasteiger partial charge in [0, 0.05) is 19.9 Å². The zero-order chi connectivity index (χ0) is 20.1. The van der Waals surface area contributed by atoms with Crippen LogP contribution in [0.3, 0.4) is 0 Å². The summed E-state index contributed by atoms with van der Waals surface area (Å²) in [7, 11) is 1.66. The van der Waals surface area contributed by atoms with Crippen molar-refractivity contribution in [1.29, 1.82) is 0 Å². The molecular weight excluding hydrogens is 366 g/mol. The fourth-order valence-corrected chi connectivity index (χ4v) is 2.98. The first kappa shape index (κ1) is 18.9. The van der Waals surface area contributed by atoms with E-state index in [1.807, 2.05) is 41.1 Å². The lowest BCUT2D eigenvalue weighted by molar-refractivity contribution is 0.146. The summed E-state index contributed by atoms with van der Waals surface area (Å²) >= 11 is 0. The molecule has 0 amide bonds. The Kier molecular flexibility index (Phi) is 5.67. The van der Waals surface area contributed by atoms with E-state index < -0.39 is 0 Å². The number of benzene rings is 2. The molecule has 0 atom stereocenters. The Morgan fingerprint density at radius 3 is 2.69 bits per heavy atom. The van der Waals surface area contributed by atoms with Gasteiger partial charge in [0.25, 0.3) is 0 Å². The van der Waals surface area contributed by atoms with Crippen LogP contribution >= 0.6 is 0 Å². The van der Waals surface area contributed by atoms with Crippen LogP contribution in [-0.4, -0.2) is 40.1 Å². The largest absolute Gasteiger partial charge is 0.491 e. The Balaban J connectivity index is 1.47. The minimum absolute atomic E-state index is 0.538. The van der Waals surface area contributed by atoms with E-state index in [1.165, 1.54) is 5.56 Å². The molecule has 0 unspecified atom stereocenters. The Morgan fingerprint density at radius 2 is 1.90 bits per heavy atom. The predicted molar refractivity (Wildman–Crippen MR) is 113 cm³/mol. The van der Waals surface area contributed by atoms with E-state index in [9.17, 15) is 0 Å². The van der Waals surface area contributed by atoms with Gasteiger partial charge in [0.2, 0.25) is 5.95 Å². The van der Waals surface area contributed by atoms with Crippen molar-refractivity contribution in [2.24, 2.45) is 0 Å². The summed E-state index contributed by atoms with van der Waals surface area (Å²) < 4.78 is 12.4. The lowest BCUT2D eigenvalue weighted by Crippen LogP contribution is -2.06. The molecule has 4 aromatic rings. The van der Waals surface area contributed by atoms with Crippen molar-refractivity contribution in [3.8, 4) is 11.4 Å². The fraction of sp³-hybridized carbons (Fsp3) is 0.227. The summed E-state index contributed by atoms with van der Waals surface area (Å²) in [5.74, 6) is 1.39. The molecule has 1 N–H and O–H groups in total. The summed E-state index contributed by atoms with van der Waals surface area (Å²) in [5.41, 5.74) is 4.04. The van der Waals surface area contributed by atoms with E-state index in [4.69, 9.17) is 9.47 Å². The van der Waals surface area contributed by atoms with Crippen molar-refractivity contribution >= 4 is 17.0 Å². The van der Waals surface area contributed by atoms with Crippen LogP contribution in [0.25, 0.3) is 16.7 Å².